The van der Waals surface area contributed by atoms with Crippen molar-refractivity contribution in [2.45, 2.75) is 78.6 Å². The number of alkyl carbamates (subject to hydrolysis) is 2. The number of benzene rings is 3. The van der Waals surface area contributed by atoms with Gasteiger partial charge in [-0.3, -0.25) is 9.59 Å². The minimum absolute atomic E-state index is 0.0315. The molecule has 15 nitrogen and oxygen atoms in total. The molecule has 4 N–H and O–H groups in total. The molecule has 4 atom stereocenters. The molecular formula is C49H55N9O6. The van der Waals surface area contributed by atoms with Crippen LogP contribution in [0.3, 0.4) is 0 Å². The van der Waals surface area contributed by atoms with E-state index in [0.717, 1.165) is 69.5 Å². The summed E-state index contributed by atoms with van der Waals surface area (Å²) in [6.07, 6.45) is 10.7. The van der Waals surface area contributed by atoms with E-state index in [-0.39, 0.29) is 36.4 Å². The summed E-state index contributed by atoms with van der Waals surface area (Å²) in [7, 11) is 2.53. The van der Waals surface area contributed by atoms with Crippen LogP contribution in [0, 0.1) is 46.3 Å². The zero-order chi connectivity index (χ0) is 45.9. The molecular weight excluding hydrogens is 811 g/mol. The number of terminal acetylenes is 1. The fourth-order valence-electron chi connectivity index (χ4n) is 8.40. The Hall–Kier alpha value is -7.13. The molecule has 0 unspecified atom stereocenters. The molecule has 2 fully saturated rings. The highest BCUT2D eigenvalue weighted by molar-refractivity contribution is 5.91. The third-order valence-electron chi connectivity index (χ3n) is 12.3. The van der Waals surface area contributed by atoms with Crippen LogP contribution < -0.4 is 10.6 Å². The minimum Gasteiger partial charge on any atom is -0.453 e. The second-order valence-corrected chi connectivity index (χ2v) is 18.3. The van der Waals surface area contributed by atoms with Crippen molar-refractivity contribution in [1.82, 2.24) is 40.4 Å². The van der Waals surface area contributed by atoms with Crippen LogP contribution in [0.2, 0.25) is 0 Å². The third-order valence-corrected chi connectivity index (χ3v) is 12.3. The lowest BCUT2D eigenvalue weighted by Crippen LogP contribution is -2.55. The summed E-state index contributed by atoms with van der Waals surface area (Å²) in [6.45, 7) is 9.93. The first kappa shape index (κ1) is 44.9. The molecule has 3 heterocycles. The molecule has 1 aliphatic carbocycles. The third kappa shape index (κ3) is 9.74. The quantitative estimate of drug-likeness (QED) is 0.0862. The number of hydrogen-bond donors (Lipinski definition) is 4. The van der Waals surface area contributed by atoms with E-state index in [4.69, 9.17) is 20.9 Å². The molecule has 64 heavy (non-hydrogen) atoms. The minimum atomic E-state index is -0.952. The zero-order valence-electron chi connectivity index (χ0n) is 37.3. The van der Waals surface area contributed by atoms with Crippen LogP contribution in [0.1, 0.15) is 71.6 Å². The van der Waals surface area contributed by atoms with Gasteiger partial charge in [-0.15, -0.1) is 6.42 Å². The van der Waals surface area contributed by atoms with E-state index in [2.05, 4.69) is 74.0 Å². The molecule has 2 aromatic heterocycles. The highest BCUT2D eigenvalue weighted by Gasteiger charge is 2.55. The highest BCUT2D eigenvalue weighted by atomic mass is 16.5. The number of aromatic nitrogens is 4. The fraction of sp³-hybridized carbons (Fsp3) is 0.408. The topological polar surface area (TPSA) is 198 Å². The van der Waals surface area contributed by atoms with Crippen molar-refractivity contribution < 1.29 is 28.7 Å². The number of carbonyl (C=O) groups excluding carboxylic acids is 4. The van der Waals surface area contributed by atoms with Crippen molar-refractivity contribution >= 4 is 34.8 Å². The van der Waals surface area contributed by atoms with Gasteiger partial charge in [0.1, 0.15) is 29.7 Å². The Morgan fingerprint density at radius 1 is 0.891 bits per heavy atom. The van der Waals surface area contributed by atoms with Crippen molar-refractivity contribution in [3.8, 4) is 52.1 Å². The van der Waals surface area contributed by atoms with Crippen molar-refractivity contribution in [3.05, 3.63) is 84.7 Å². The number of rotatable bonds is 13. The van der Waals surface area contributed by atoms with Crippen LogP contribution in [0.4, 0.5) is 9.59 Å². The monoisotopic (exact) mass is 865 g/mol. The number of imidazole rings is 2. The average molecular weight is 866 g/mol. The van der Waals surface area contributed by atoms with Gasteiger partial charge in [0.2, 0.25) is 11.8 Å². The highest BCUT2D eigenvalue weighted by Crippen LogP contribution is 2.58. The summed E-state index contributed by atoms with van der Waals surface area (Å²) in [6, 6.07) is 20.9. The molecule has 1 aliphatic heterocycles. The number of fused-ring (bicyclic) bond motifs is 1. The molecule has 7 rings (SSSR count). The van der Waals surface area contributed by atoms with Gasteiger partial charge in [0.05, 0.1) is 56.7 Å². The molecule has 2 aliphatic rings. The van der Waals surface area contributed by atoms with E-state index in [1.54, 1.807) is 6.20 Å². The standard InChI is InChI=1S/C49H55N9O6/c1-9-30(23-50)26-57(45(60)42(48(4,5)6)56-47(62)64-8)27-40-51-24-37(53-40)32-12-10-31(11-13-32)33-14-15-35-21-36(17-16-34(35)20-33)38-25-52-43(54-38)39-22-49(18-19-49)28-58(39)44(59)41(29(2)3)55-46(61)63-7/h1,10-17,20-21,24-25,29-30,39,41-42H,18-19,22,26-28H2,2-8H3,(H,51,53)(H,52,54)(H,55,61)(H,56,62)/t30-,39+,41+,42-/m1/s1. The number of hydrogen-bond acceptors (Lipinski definition) is 9. The first-order chi connectivity index (χ1) is 30.5. The number of nitrogens with one attached hydrogen (secondary N) is 4. The Morgan fingerprint density at radius 2 is 1.48 bits per heavy atom. The number of ether oxygens (including phenoxy) is 2. The first-order valence-corrected chi connectivity index (χ1v) is 21.4. The number of aromatic amines is 2. The smallest absolute Gasteiger partial charge is 0.407 e. The Kier molecular flexibility index (Phi) is 12.8. The van der Waals surface area contributed by atoms with Crippen LogP contribution in [-0.2, 0) is 25.6 Å². The summed E-state index contributed by atoms with van der Waals surface area (Å²) in [5.41, 5.74) is 4.97. The normalized spacial score (nSPS) is 16.7. The second kappa shape index (κ2) is 18.3. The van der Waals surface area contributed by atoms with Gasteiger partial charge in [-0.1, -0.05) is 89.1 Å². The van der Waals surface area contributed by atoms with Crippen molar-refractivity contribution in [3.63, 3.8) is 0 Å². The number of nitriles is 1. The number of carbonyl (C=O) groups is 4. The summed E-state index contributed by atoms with van der Waals surface area (Å²) in [4.78, 5) is 71.6. The van der Waals surface area contributed by atoms with Crippen molar-refractivity contribution in [2.24, 2.45) is 22.7 Å². The van der Waals surface area contributed by atoms with Gasteiger partial charge in [0.15, 0.2) is 0 Å². The fourth-order valence-corrected chi connectivity index (χ4v) is 8.40. The number of likely N-dealkylation sites (tertiary alicyclic amines) is 1. The van der Waals surface area contributed by atoms with Crippen LogP contribution in [0.25, 0.3) is 44.4 Å². The van der Waals surface area contributed by atoms with E-state index < -0.39 is 41.5 Å². The molecule has 5 aromatic rings. The molecule has 1 saturated heterocycles. The summed E-state index contributed by atoms with van der Waals surface area (Å²) < 4.78 is 9.59. The van der Waals surface area contributed by atoms with E-state index in [1.807, 2.05) is 70.0 Å². The maximum atomic E-state index is 13.9. The van der Waals surface area contributed by atoms with Gasteiger partial charge in [0, 0.05) is 18.7 Å². The molecule has 15 heteroatoms. The maximum Gasteiger partial charge on any atom is 0.407 e. The van der Waals surface area contributed by atoms with Gasteiger partial charge in [0.25, 0.3) is 0 Å². The molecule has 1 saturated carbocycles. The number of amides is 4. The molecule has 0 radical (unpaired) electrons. The van der Waals surface area contributed by atoms with Gasteiger partial charge >= 0.3 is 12.2 Å². The summed E-state index contributed by atoms with van der Waals surface area (Å²) in [5, 5.41) is 17.1. The number of methoxy groups -OCH3 is 2. The average Bonchev–Trinajstić information content (AvgIpc) is 3.60. The van der Waals surface area contributed by atoms with Crippen LogP contribution in [-0.4, -0.2) is 93.1 Å². The van der Waals surface area contributed by atoms with Crippen molar-refractivity contribution in [2.75, 3.05) is 27.3 Å². The SMILES string of the molecule is C#C[C@H](C#N)CN(Cc1ncc(-c2ccc(-c3ccc4cc(-c5cnc([C@@H]6CC7(CC7)CN6C(=O)[C@@H](NC(=O)OC)C(C)C)[nH]5)ccc4c3)cc2)[nH]1)C(=O)[C@@H](NC(=O)OC)C(C)(C)C. The van der Waals surface area contributed by atoms with E-state index in [9.17, 15) is 24.4 Å². The van der Waals surface area contributed by atoms with Gasteiger partial charge in [-0.25, -0.2) is 19.6 Å². The largest absolute Gasteiger partial charge is 0.453 e. The first-order valence-electron chi connectivity index (χ1n) is 21.4. The lowest BCUT2D eigenvalue weighted by atomic mass is 9.85. The van der Waals surface area contributed by atoms with Crippen molar-refractivity contribution in [1.29, 1.82) is 5.26 Å². The summed E-state index contributed by atoms with van der Waals surface area (Å²) in [5.74, 6) is 2.13. The maximum absolute atomic E-state index is 13.9. The molecule has 4 amide bonds. The van der Waals surface area contributed by atoms with Gasteiger partial charge in [-0.05, 0) is 75.6 Å². The van der Waals surface area contributed by atoms with Gasteiger partial charge < -0.3 is 39.9 Å². The molecule has 1 spiro atoms. The van der Waals surface area contributed by atoms with E-state index in [0.29, 0.717) is 12.4 Å². The molecule has 0 bridgehead atoms. The Bertz CT molecular complexity index is 2610. The predicted octanol–water partition coefficient (Wildman–Crippen LogP) is 7.59. The summed E-state index contributed by atoms with van der Waals surface area (Å²) >= 11 is 0. The lowest BCUT2D eigenvalue weighted by molar-refractivity contribution is -0.137. The lowest BCUT2D eigenvalue weighted by Gasteiger charge is -2.34. The molecule has 332 valence electrons. The Balaban J connectivity index is 1.05. The van der Waals surface area contributed by atoms with Crippen LogP contribution in [0.5, 0.6) is 0 Å². The Morgan fingerprint density at radius 3 is 2.09 bits per heavy atom. The number of H-pyrrole nitrogens is 2. The molecule has 3 aromatic carbocycles. The van der Waals surface area contributed by atoms with E-state index in [1.165, 1.54) is 19.1 Å². The predicted molar refractivity (Wildman–Crippen MR) is 242 cm³/mol. The van der Waals surface area contributed by atoms with Gasteiger partial charge in [-0.2, -0.15) is 5.26 Å². The van der Waals surface area contributed by atoms with Crippen LogP contribution >= 0.6 is 0 Å². The van der Waals surface area contributed by atoms with E-state index >= 15 is 0 Å². The van der Waals surface area contributed by atoms with Crippen LogP contribution in [0.15, 0.2) is 73.1 Å². The Labute approximate surface area is 373 Å². The zero-order valence-corrected chi connectivity index (χ0v) is 37.3. The second-order valence-electron chi connectivity index (χ2n) is 18.3. The number of nitrogens with zero attached hydrogens (tertiary/aromatic N) is 5.